The number of aliphatic imine (C=N–C) groups is 1. The fourth-order valence-electron chi connectivity index (χ4n) is 2.02. The van der Waals surface area contributed by atoms with Gasteiger partial charge in [-0.2, -0.15) is 0 Å². The van der Waals surface area contributed by atoms with Crippen LogP contribution < -0.4 is 5.32 Å². The number of halogens is 1. The van der Waals surface area contributed by atoms with E-state index >= 15 is 0 Å². The summed E-state index contributed by atoms with van der Waals surface area (Å²) in [5, 5.41) is 3.22. The second-order valence-electron chi connectivity index (χ2n) is 5.12. The van der Waals surface area contributed by atoms with Crippen LogP contribution >= 0.6 is 24.0 Å². The Morgan fingerprint density at radius 2 is 1.79 bits per heavy atom. The van der Waals surface area contributed by atoms with Gasteiger partial charge in [0.05, 0.1) is 19.8 Å². The molecule has 0 fully saturated rings. The molecule has 0 bridgehead atoms. The van der Waals surface area contributed by atoms with Crippen molar-refractivity contribution < 1.29 is 14.3 Å². The molecule has 0 unspecified atom stereocenters. The maximum Gasteiger partial charge on any atom is 0.242 e. The lowest BCUT2D eigenvalue weighted by Gasteiger charge is -2.25. The molecule has 0 aliphatic rings. The fraction of sp³-hybridized carbons (Fsp3) is 0.875. The molecule has 1 amide bonds. The minimum absolute atomic E-state index is 0. The lowest BCUT2D eigenvalue weighted by Crippen LogP contribution is -2.45. The maximum atomic E-state index is 12.2. The van der Waals surface area contributed by atoms with Gasteiger partial charge in [-0.15, -0.1) is 24.0 Å². The first kappa shape index (κ1) is 25.6. The molecule has 0 aliphatic heterocycles. The summed E-state index contributed by atoms with van der Waals surface area (Å²) in [6.45, 7) is 11.1. The predicted molar refractivity (Wildman–Crippen MR) is 109 cm³/mol. The van der Waals surface area contributed by atoms with Crippen LogP contribution in [0.25, 0.3) is 0 Å². The van der Waals surface area contributed by atoms with Crippen LogP contribution in [0, 0.1) is 0 Å². The number of guanidine groups is 1. The number of ether oxygens (including phenoxy) is 2. The highest BCUT2D eigenvalue weighted by atomic mass is 127. The van der Waals surface area contributed by atoms with E-state index in [1.807, 2.05) is 37.6 Å². The number of hydrogen-bond acceptors (Lipinski definition) is 4. The zero-order valence-electron chi connectivity index (χ0n) is 15.8. The first-order valence-corrected chi connectivity index (χ1v) is 8.44. The van der Waals surface area contributed by atoms with Crippen molar-refractivity contribution >= 4 is 35.8 Å². The molecule has 0 atom stereocenters. The van der Waals surface area contributed by atoms with Crippen LogP contribution in [-0.4, -0.2) is 88.4 Å². The van der Waals surface area contributed by atoms with Gasteiger partial charge in [0.25, 0.3) is 0 Å². The zero-order valence-corrected chi connectivity index (χ0v) is 18.2. The van der Waals surface area contributed by atoms with Crippen LogP contribution in [0.1, 0.15) is 27.2 Å². The van der Waals surface area contributed by atoms with Gasteiger partial charge in [-0.25, -0.2) is 0 Å². The van der Waals surface area contributed by atoms with Crippen LogP contribution in [0.2, 0.25) is 0 Å². The van der Waals surface area contributed by atoms with Crippen molar-refractivity contribution in [1.29, 1.82) is 0 Å². The van der Waals surface area contributed by atoms with E-state index in [1.165, 1.54) is 0 Å². The molecule has 1 N–H and O–H groups in total. The molecule has 24 heavy (non-hydrogen) atoms. The van der Waals surface area contributed by atoms with Crippen LogP contribution in [-0.2, 0) is 14.3 Å². The van der Waals surface area contributed by atoms with Crippen LogP contribution in [0.4, 0.5) is 0 Å². The normalized spacial score (nSPS) is 11.0. The zero-order chi connectivity index (χ0) is 17.5. The standard InChI is InChI=1S/C16H34N4O3.HI/c1-6-17-16(18-10-9-11-23-13-12-22-5)19(4)14-15(21)20(7-2)8-3;/h6-14H2,1-5H3,(H,17,18);1H. The molecule has 0 aliphatic carbocycles. The summed E-state index contributed by atoms with van der Waals surface area (Å²) in [5.74, 6) is 0.871. The molecule has 0 radical (unpaired) electrons. The van der Waals surface area contributed by atoms with E-state index in [1.54, 1.807) is 7.11 Å². The Labute approximate surface area is 164 Å². The Morgan fingerprint density at radius 1 is 1.12 bits per heavy atom. The second-order valence-corrected chi connectivity index (χ2v) is 5.12. The van der Waals surface area contributed by atoms with E-state index in [0.717, 1.165) is 32.0 Å². The SMILES string of the molecule is CCNC(=NCCCOCCOC)N(C)CC(=O)N(CC)CC.I. The monoisotopic (exact) mass is 458 g/mol. The molecule has 0 heterocycles. The molecular weight excluding hydrogens is 423 g/mol. The molecule has 7 nitrogen and oxygen atoms in total. The first-order chi connectivity index (χ1) is 11.1. The van der Waals surface area contributed by atoms with Gasteiger partial charge in [0, 0.05) is 46.9 Å². The Kier molecular flexibility index (Phi) is 18.4. The largest absolute Gasteiger partial charge is 0.382 e. The number of nitrogens with one attached hydrogen (secondary N) is 1. The van der Waals surface area contributed by atoms with Crippen molar-refractivity contribution in [3.8, 4) is 0 Å². The molecule has 0 spiro atoms. The highest BCUT2D eigenvalue weighted by Gasteiger charge is 2.14. The van der Waals surface area contributed by atoms with Gasteiger partial charge in [-0.05, 0) is 27.2 Å². The fourth-order valence-corrected chi connectivity index (χ4v) is 2.02. The number of nitrogens with zero attached hydrogens (tertiary/aromatic N) is 3. The van der Waals surface area contributed by atoms with Crippen molar-refractivity contribution in [3.05, 3.63) is 0 Å². The van der Waals surface area contributed by atoms with Crippen molar-refractivity contribution in [2.24, 2.45) is 4.99 Å². The summed E-state index contributed by atoms with van der Waals surface area (Å²) >= 11 is 0. The van der Waals surface area contributed by atoms with E-state index in [0.29, 0.717) is 32.9 Å². The topological polar surface area (TPSA) is 66.4 Å². The summed E-state index contributed by atoms with van der Waals surface area (Å²) < 4.78 is 10.3. The van der Waals surface area contributed by atoms with Gasteiger partial charge in [0.1, 0.15) is 0 Å². The summed E-state index contributed by atoms with van der Waals surface area (Å²) in [4.78, 5) is 20.4. The molecule has 8 heteroatoms. The molecule has 144 valence electrons. The summed E-state index contributed by atoms with van der Waals surface area (Å²) in [6.07, 6.45) is 0.844. The van der Waals surface area contributed by atoms with Crippen molar-refractivity contribution in [2.75, 3.05) is 66.7 Å². The Morgan fingerprint density at radius 3 is 2.33 bits per heavy atom. The van der Waals surface area contributed by atoms with Crippen LogP contribution in [0.5, 0.6) is 0 Å². The minimum atomic E-state index is 0. The molecular formula is C16H35IN4O3. The molecule has 0 aromatic heterocycles. The van der Waals surface area contributed by atoms with E-state index in [4.69, 9.17) is 9.47 Å². The first-order valence-electron chi connectivity index (χ1n) is 8.44. The predicted octanol–water partition coefficient (Wildman–Crippen LogP) is 1.42. The van der Waals surface area contributed by atoms with Gasteiger partial charge >= 0.3 is 0 Å². The summed E-state index contributed by atoms with van der Waals surface area (Å²) in [7, 11) is 3.55. The van der Waals surface area contributed by atoms with Gasteiger partial charge in [-0.1, -0.05) is 0 Å². The van der Waals surface area contributed by atoms with Gasteiger partial charge < -0.3 is 24.6 Å². The number of methoxy groups -OCH3 is 1. The third-order valence-electron chi connectivity index (χ3n) is 3.33. The number of likely N-dealkylation sites (N-methyl/N-ethyl adjacent to an activating group) is 2. The van der Waals surface area contributed by atoms with Gasteiger partial charge in [0.15, 0.2) is 5.96 Å². The van der Waals surface area contributed by atoms with Crippen molar-refractivity contribution in [2.45, 2.75) is 27.2 Å². The average molecular weight is 458 g/mol. The Hall–Kier alpha value is -0.610. The smallest absolute Gasteiger partial charge is 0.242 e. The van der Waals surface area contributed by atoms with E-state index in [-0.39, 0.29) is 29.9 Å². The second kappa shape index (κ2) is 17.2. The number of hydrogen-bond donors (Lipinski definition) is 1. The van der Waals surface area contributed by atoms with E-state index < -0.39 is 0 Å². The quantitative estimate of drug-likeness (QED) is 0.208. The van der Waals surface area contributed by atoms with Crippen LogP contribution in [0.15, 0.2) is 4.99 Å². The van der Waals surface area contributed by atoms with Gasteiger partial charge in [-0.3, -0.25) is 9.79 Å². The third-order valence-corrected chi connectivity index (χ3v) is 3.33. The summed E-state index contributed by atoms with van der Waals surface area (Å²) in [5.41, 5.74) is 0. The Bertz CT molecular complexity index is 339. The number of amides is 1. The molecule has 0 saturated carbocycles. The average Bonchev–Trinajstić information content (AvgIpc) is 2.54. The maximum absolute atomic E-state index is 12.2. The molecule has 0 aromatic carbocycles. The lowest BCUT2D eigenvalue weighted by molar-refractivity contribution is -0.131. The number of carbonyl (C=O) groups excluding carboxylic acids is 1. The minimum Gasteiger partial charge on any atom is -0.382 e. The summed E-state index contributed by atoms with van der Waals surface area (Å²) in [6, 6.07) is 0. The third kappa shape index (κ3) is 11.9. The highest BCUT2D eigenvalue weighted by Crippen LogP contribution is 1.95. The number of carbonyl (C=O) groups is 1. The van der Waals surface area contributed by atoms with Crippen molar-refractivity contribution in [3.63, 3.8) is 0 Å². The van der Waals surface area contributed by atoms with E-state index in [9.17, 15) is 4.79 Å². The Balaban J connectivity index is 0. The van der Waals surface area contributed by atoms with E-state index in [2.05, 4.69) is 10.3 Å². The molecule has 0 rings (SSSR count). The highest BCUT2D eigenvalue weighted by molar-refractivity contribution is 14.0. The van der Waals surface area contributed by atoms with Crippen LogP contribution in [0.3, 0.4) is 0 Å². The lowest BCUT2D eigenvalue weighted by atomic mass is 10.4. The van der Waals surface area contributed by atoms with Gasteiger partial charge in [0.2, 0.25) is 5.91 Å². The molecule has 0 saturated heterocycles. The molecule has 0 aromatic rings. The van der Waals surface area contributed by atoms with Crippen molar-refractivity contribution in [1.82, 2.24) is 15.1 Å². The number of rotatable bonds is 12.